The maximum Gasteiger partial charge on any atom is 0.261 e. The van der Waals surface area contributed by atoms with Crippen LogP contribution in [0.2, 0.25) is 0 Å². The van der Waals surface area contributed by atoms with Gasteiger partial charge in [0.15, 0.2) is 0 Å². The van der Waals surface area contributed by atoms with Crippen LogP contribution < -0.4 is 14.4 Å². The highest BCUT2D eigenvalue weighted by Gasteiger charge is 2.35. The molecule has 1 aliphatic carbocycles. The first-order valence-corrected chi connectivity index (χ1v) is 12.4. The Morgan fingerprint density at radius 2 is 1.81 bits per heavy atom. The number of carbonyl (C=O) groups is 1. The van der Waals surface area contributed by atoms with Gasteiger partial charge in [0.2, 0.25) is 5.91 Å². The van der Waals surface area contributed by atoms with Crippen LogP contribution in [0.3, 0.4) is 0 Å². The summed E-state index contributed by atoms with van der Waals surface area (Å²) >= 11 is 0. The number of carbonyl (C=O) groups excluding carboxylic acids is 1. The third-order valence-corrected chi connectivity index (χ3v) is 7.25. The van der Waals surface area contributed by atoms with Crippen molar-refractivity contribution in [3.05, 3.63) is 48.0 Å². The zero-order chi connectivity index (χ0) is 23.5. The minimum absolute atomic E-state index is 0.109. The molecule has 7 nitrogen and oxygen atoms in total. The Hall–Kier alpha value is -2.74. The van der Waals surface area contributed by atoms with Crippen LogP contribution in [-0.2, 0) is 21.4 Å². The van der Waals surface area contributed by atoms with Crippen LogP contribution in [0.15, 0.2) is 47.4 Å². The lowest BCUT2D eigenvalue weighted by Crippen LogP contribution is -2.39. The number of hydrogen-bond donors (Lipinski definition) is 1. The fraction of sp³-hybridized carbons (Fsp3) is 0.458. The van der Waals surface area contributed by atoms with Crippen LogP contribution in [0.1, 0.15) is 38.7 Å². The first-order chi connectivity index (χ1) is 15.2. The lowest BCUT2D eigenvalue weighted by Gasteiger charge is -2.31. The molecule has 1 amide bonds. The van der Waals surface area contributed by atoms with E-state index in [1.165, 1.54) is 19.2 Å². The number of sulfonamides is 1. The quantitative estimate of drug-likeness (QED) is 0.579. The third-order valence-electron chi connectivity index (χ3n) is 5.86. The van der Waals surface area contributed by atoms with E-state index < -0.39 is 10.0 Å². The van der Waals surface area contributed by atoms with E-state index in [9.17, 15) is 13.2 Å². The van der Waals surface area contributed by atoms with E-state index in [0.29, 0.717) is 18.0 Å². The molecule has 0 bridgehead atoms. The average Bonchev–Trinajstić information content (AvgIpc) is 3.61. The summed E-state index contributed by atoms with van der Waals surface area (Å²) in [7, 11) is 1.66. The van der Waals surface area contributed by atoms with Crippen LogP contribution in [0, 0.1) is 5.92 Å². The Labute approximate surface area is 191 Å². The topological polar surface area (TPSA) is 79.0 Å². The summed E-state index contributed by atoms with van der Waals surface area (Å²) in [5.41, 5.74) is 2.32. The molecule has 0 radical (unpaired) electrons. The van der Waals surface area contributed by atoms with Crippen LogP contribution >= 0.6 is 0 Å². The number of anilines is 2. The van der Waals surface area contributed by atoms with Crippen molar-refractivity contribution in [3.8, 4) is 5.75 Å². The van der Waals surface area contributed by atoms with Crippen molar-refractivity contribution in [2.75, 3.05) is 30.8 Å². The third kappa shape index (κ3) is 5.54. The summed E-state index contributed by atoms with van der Waals surface area (Å²) in [5, 5.41) is 0. The second-order valence-electron chi connectivity index (χ2n) is 8.52. The van der Waals surface area contributed by atoms with Crippen molar-refractivity contribution in [1.82, 2.24) is 4.90 Å². The Balaban J connectivity index is 1.90. The number of benzene rings is 2. The van der Waals surface area contributed by atoms with Crippen molar-refractivity contribution in [3.63, 3.8) is 0 Å². The van der Waals surface area contributed by atoms with Crippen LogP contribution in [0.25, 0.3) is 0 Å². The molecule has 2 aromatic carbocycles. The summed E-state index contributed by atoms with van der Waals surface area (Å²) in [5.74, 6) is 0.906. The molecule has 3 rings (SSSR count). The van der Waals surface area contributed by atoms with Crippen LogP contribution in [0.4, 0.5) is 11.4 Å². The van der Waals surface area contributed by atoms with E-state index in [4.69, 9.17) is 4.74 Å². The van der Waals surface area contributed by atoms with Gasteiger partial charge in [-0.3, -0.25) is 9.52 Å². The molecule has 1 unspecified atom stereocenters. The maximum atomic E-state index is 12.9. The molecule has 1 aliphatic rings. The first-order valence-electron chi connectivity index (χ1n) is 10.9. The molecule has 0 heterocycles. The van der Waals surface area contributed by atoms with Crippen LogP contribution in [0.5, 0.6) is 5.75 Å². The minimum Gasteiger partial charge on any atom is -0.497 e. The smallest absolute Gasteiger partial charge is 0.261 e. The molecule has 0 saturated heterocycles. The predicted molar refractivity (Wildman–Crippen MR) is 128 cm³/mol. The van der Waals surface area contributed by atoms with Gasteiger partial charge in [-0.05, 0) is 74.2 Å². The van der Waals surface area contributed by atoms with Gasteiger partial charge in [-0.2, -0.15) is 0 Å². The first kappa shape index (κ1) is 23.9. The molecule has 0 spiro atoms. The Morgan fingerprint density at radius 3 is 2.34 bits per heavy atom. The highest BCUT2D eigenvalue weighted by Crippen LogP contribution is 2.34. The molecule has 174 valence electrons. The van der Waals surface area contributed by atoms with E-state index in [2.05, 4.69) is 18.6 Å². The molecule has 1 fully saturated rings. The number of nitrogens with zero attached hydrogens (tertiary/aromatic N) is 2. The number of nitrogens with one attached hydrogen (secondary N) is 1. The van der Waals surface area contributed by atoms with Crippen molar-refractivity contribution < 1.29 is 17.9 Å². The van der Waals surface area contributed by atoms with Crippen molar-refractivity contribution in [2.45, 2.75) is 50.6 Å². The molecule has 1 atom stereocenters. The Morgan fingerprint density at radius 1 is 1.16 bits per heavy atom. The second-order valence-corrected chi connectivity index (χ2v) is 10.2. The summed E-state index contributed by atoms with van der Waals surface area (Å²) in [6.45, 7) is 4.58. The zero-order valence-electron chi connectivity index (χ0n) is 19.5. The van der Waals surface area contributed by atoms with Gasteiger partial charge in [-0.25, -0.2) is 8.42 Å². The highest BCUT2D eigenvalue weighted by atomic mass is 32.2. The normalized spacial score (nSPS) is 14.5. The monoisotopic (exact) mass is 459 g/mol. The molecular weight excluding hydrogens is 426 g/mol. The van der Waals surface area contributed by atoms with Gasteiger partial charge in [0, 0.05) is 44.0 Å². The van der Waals surface area contributed by atoms with E-state index in [1.807, 2.05) is 36.0 Å². The van der Waals surface area contributed by atoms with Crippen LogP contribution in [-0.4, -0.2) is 46.5 Å². The fourth-order valence-corrected chi connectivity index (χ4v) is 4.65. The van der Waals surface area contributed by atoms with Crippen molar-refractivity contribution in [1.29, 1.82) is 0 Å². The predicted octanol–water partition coefficient (Wildman–Crippen LogP) is 4.10. The Bertz CT molecular complexity index is 1050. The molecule has 1 N–H and O–H groups in total. The van der Waals surface area contributed by atoms with Gasteiger partial charge in [-0.15, -0.1) is 0 Å². The number of methoxy groups -OCH3 is 1. The largest absolute Gasteiger partial charge is 0.497 e. The summed E-state index contributed by atoms with van der Waals surface area (Å²) in [6.07, 6.45) is 2.77. The molecule has 2 aromatic rings. The van der Waals surface area contributed by atoms with Crippen molar-refractivity contribution in [2.24, 2.45) is 5.92 Å². The summed E-state index contributed by atoms with van der Waals surface area (Å²) in [6, 6.07) is 11.8. The van der Waals surface area contributed by atoms with Gasteiger partial charge in [0.05, 0.1) is 12.0 Å². The summed E-state index contributed by atoms with van der Waals surface area (Å²) in [4.78, 5) is 17.0. The Kier molecular flexibility index (Phi) is 7.33. The van der Waals surface area contributed by atoms with E-state index in [-0.39, 0.29) is 22.8 Å². The molecule has 1 saturated carbocycles. The van der Waals surface area contributed by atoms with E-state index in [0.717, 1.165) is 30.5 Å². The zero-order valence-corrected chi connectivity index (χ0v) is 20.3. The van der Waals surface area contributed by atoms with Gasteiger partial charge >= 0.3 is 0 Å². The number of hydrogen-bond acceptors (Lipinski definition) is 5. The molecule has 8 heteroatoms. The number of amides is 1. The van der Waals surface area contributed by atoms with Gasteiger partial charge in [0.25, 0.3) is 10.0 Å². The number of ether oxygens (including phenoxy) is 1. The lowest BCUT2D eigenvalue weighted by molar-refractivity contribution is -0.135. The average molecular weight is 460 g/mol. The molecule has 32 heavy (non-hydrogen) atoms. The van der Waals surface area contributed by atoms with Gasteiger partial charge in [0.1, 0.15) is 5.75 Å². The minimum atomic E-state index is -3.76. The van der Waals surface area contributed by atoms with Gasteiger partial charge in [-0.1, -0.05) is 6.92 Å². The standard InChI is InChI=1S/C24H33N3O4S/c1-6-17(2)27(24(28)18-7-8-18)16-19-15-20(9-14-23(19)26(3)4)25-32(29,30)22-12-10-21(31-5)11-13-22/h9-15,17-18,25H,6-8,16H2,1-5H3. The molecule has 0 aromatic heterocycles. The second kappa shape index (κ2) is 9.81. The van der Waals surface area contributed by atoms with Gasteiger partial charge < -0.3 is 14.5 Å². The fourth-order valence-electron chi connectivity index (χ4n) is 3.60. The number of rotatable bonds is 10. The van der Waals surface area contributed by atoms with E-state index >= 15 is 0 Å². The highest BCUT2D eigenvalue weighted by molar-refractivity contribution is 7.92. The maximum absolute atomic E-state index is 12.9. The lowest BCUT2D eigenvalue weighted by atomic mass is 10.1. The van der Waals surface area contributed by atoms with Crippen molar-refractivity contribution >= 4 is 27.3 Å². The van der Waals surface area contributed by atoms with E-state index in [1.54, 1.807) is 18.2 Å². The molecule has 0 aliphatic heterocycles. The summed E-state index contributed by atoms with van der Waals surface area (Å²) < 4.78 is 33.5. The SMILES string of the molecule is CCC(C)N(Cc1cc(NS(=O)(=O)c2ccc(OC)cc2)ccc1N(C)C)C(=O)C1CC1. The molecular formula is C24H33N3O4S.